The van der Waals surface area contributed by atoms with Gasteiger partial charge in [0.05, 0.1) is 12.3 Å². The predicted molar refractivity (Wildman–Crippen MR) is 92.4 cm³/mol. The van der Waals surface area contributed by atoms with Gasteiger partial charge in [-0.3, -0.25) is 0 Å². The molecule has 0 amide bonds. The minimum Gasteiger partial charge on any atom is -0.464 e. The van der Waals surface area contributed by atoms with Crippen molar-refractivity contribution in [1.29, 1.82) is 0 Å². The second kappa shape index (κ2) is 8.37. The van der Waals surface area contributed by atoms with E-state index in [0.29, 0.717) is 11.8 Å². The summed E-state index contributed by atoms with van der Waals surface area (Å²) >= 11 is 1.81. The van der Waals surface area contributed by atoms with Crippen LogP contribution in [-0.2, 0) is 26.0 Å². The fraction of sp³-hybridized carbons (Fsp3) is 0.600. The van der Waals surface area contributed by atoms with Gasteiger partial charge < -0.3 is 19.7 Å². The highest BCUT2D eigenvalue weighted by Gasteiger charge is 2.09. The van der Waals surface area contributed by atoms with E-state index in [2.05, 4.69) is 33.3 Å². The summed E-state index contributed by atoms with van der Waals surface area (Å²) < 4.78 is 7.53. The molecule has 0 aliphatic carbocycles. The van der Waals surface area contributed by atoms with Crippen molar-refractivity contribution < 1.29 is 9.52 Å². The van der Waals surface area contributed by atoms with Crippen LogP contribution in [0.5, 0.6) is 0 Å². The smallest absolute Gasteiger partial charge is 0.221 e. The van der Waals surface area contributed by atoms with E-state index in [4.69, 9.17) is 9.52 Å². The molecule has 0 aliphatic heterocycles. The summed E-state index contributed by atoms with van der Waals surface area (Å²) in [5.74, 6) is 4.96. The SMILES string of the molecule is Cc1cc(CSCCNc2nc(CO)nn2C)oc1CN(C)C. The number of aryl methyl sites for hydroxylation is 2. The predicted octanol–water partition coefficient (Wildman–Crippen LogP) is 1.62. The zero-order valence-electron chi connectivity index (χ0n) is 14.2. The summed E-state index contributed by atoms with van der Waals surface area (Å²) in [7, 11) is 5.88. The number of hydrogen-bond donors (Lipinski definition) is 2. The van der Waals surface area contributed by atoms with Gasteiger partial charge in [0.1, 0.15) is 18.1 Å². The zero-order chi connectivity index (χ0) is 16.8. The number of nitrogens with one attached hydrogen (secondary N) is 1. The summed E-state index contributed by atoms with van der Waals surface area (Å²) in [6.07, 6.45) is 0. The summed E-state index contributed by atoms with van der Waals surface area (Å²) in [6, 6.07) is 2.12. The van der Waals surface area contributed by atoms with Crippen molar-refractivity contribution in [2.45, 2.75) is 25.8 Å². The summed E-state index contributed by atoms with van der Waals surface area (Å²) in [5, 5.41) is 16.3. The fourth-order valence-corrected chi connectivity index (χ4v) is 2.91. The van der Waals surface area contributed by atoms with Crippen LogP contribution in [0.1, 0.15) is 22.9 Å². The normalized spacial score (nSPS) is 11.4. The van der Waals surface area contributed by atoms with Gasteiger partial charge in [0, 0.05) is 19.3 Å². The molecule has 0 spiro atoms. The molecule has 0 radical (unpaired) electrons. The lowest BCUT2D eigenvalue weighted by Crippen LogP contribution is -2.10. The lowest BCUT2D eigenvalue weighted by Gasteiger charge is -2.07. The Labute approximate surface area is 141 Å². The third-order valence-electron chi connectivity index (χ3n) is 3.25. The minimum atomic E-state index is -0.141. The molecule has 2 N–H and O–H groups in total. The lowest BCUT2D eigenvalue weighted by molar-refractivity contribution is 0.271. The number of hydrogen-bond acceptors (Lipinski definition) is 7. The molecule has 128 valence electrons. The van der Waals surface area contributed by atoms with E-state index in [9.17, 15) is 0 Å². The van der Waals surface area contributed by atoms with Crippen LogP contribution in [-0.4, -0.2) is 51.2 Å². The molecular weight excluding hydrogens is 314 g/mol. The van der Waals surface area contributed by atoms with Crippen LogP contribution in [0.25, 0.3) is 0 Å². The highest BCUT2D eigenvalue weighted by Crippen LogP contribution is 2.20. The molecule has 2 aromatic heterocycles. The topological polar surface area (TPSA) is 79.4 Å². The number of nitrogens with zero attached hydrogens (tertiary/aromatic N) is 4. The lowest BCUT2D eigenvalue weighted by atomic mass is 10.2. The Bertz CT molecular complexity index is 623. The fourth-order valence-electron chi connectivity index (χ4n) is 2.17. The molecule has 2 aromatic rings. The number of rotatable bonds is 9. The zero-order valence-corrected chi connectivity index (χ0v) is 15.0. The van der Waals surface area contributed by atoms with Crippen LogP contribution in [0, 0.1) is 6.92 Å². The van der Waals surface area contributed by atoms with Gasteiger partial charge in [0.25, 0.3) is 0 Å². The van der Waals surface area contributed by atoms with Crippen molar-refractivity contribution in [3.8, 4) is 0 Å². The maximum Gasteiger partial charge on any atom is 0.221 e. The van der Waals surface area contributed by atoms with E-state index in [1.54, 1.807) is 11.7 Å². The van der Waals surface area contributed by atoms with Crippen LogP contribution in [0.3, 0.4) is 0 Å². The van der Waals surface area contributed by atoms with Crippen LogP contribution < -0.4 is 5.32 Å². The molecule has 2 heterocycles. The highest BCUT2D eigenvalue weighted by atomic mass is 32.2. The van der Waals surface area contributed by atoms with Gasteiger partial charge >= 0.3 is 0 Å². The minimum absolute atomic E-state index is 0.141. The largest absolute Gasteiger partial charge is 0.464 e. The van der Waals surface area contributed by atoms with E-state index < -0.39 is 0 Å². The molecule has 0 aromatic carbocycles. The molecule has 7 nitrogen and oxygen atoms in total. The first-order valence-electron chi connectivity index (χ1n) is 7.55. The van der Waals surface area contributed by atoms with Crippen molar-refractivity contribution in [2.24, 2.45) is 7.05 Å². The van der Waals surface area contributed by atoms with Crippen LogP contribution >= 0.6 is 11.8 Å². The van der Waals surface area contributed by atoms with Gasteiger partial charge in [-0.15, -0.1) is 0 Å². The van der Waals surface area contributed by atoms with E-state index in [0.717, 1.165) is 36.1 Å². The van der Waals surface area contributed by atoms with Gasteiger partial charge in [-0.25, -0.2) is 4.68 Å². The van der Waals surface area contributed by atoms with E-state index in [1.165, 1.54) is 5.56 Å². The third-order valence-corrected chi connectivity index (χ3v) is 4.24. The van der Waals surface area contributed by atoms with Crippen molar-refractivity contribution in [1.82, 2.24) is 19.7 Å². The molecule has 0 saturated carbocycles. The monoisotopic (exact) mass is 339 g/mol. The molecule has 0 saturated heterocycles. The van der Waals surface area contributed by atoms with Gasteiger partial charge in [0.2, 0.25) is 5.95 Å². The first-order chi connectivity index (χ1) is 11.0. The summed E-state index contributed by atoms with van der Waals surface area (Å²) in [6.45, 7) is 3.56. The standard InChI is InChI=1S/C15H25N5O2S/c1-11-7-12(22-13(11)8-19(2)3)10-23-6-5-16-15-17-14(9-21)18-20(15)4/h7,21H,5-6,8-10H2,1-4H3,(H,16,17,18). The Morgan fingerprint density at radius 1 is 1.43 bits per heavy atom. The van der Waals surface area contributed by atoms with Crippen LogP contribution in [0.15, 0.2) is 10.5 Å². The van der Waals surface area contributed by atoms with Crippen molar-refractivity contribution in [3.63, 3.8) is 0 Å². The Kier molecular flexibility index (Phi) is 6.49. The van der Waals surface area contributed by atoms with Gasteiger partial charge in [0.15, 0.2) is 5.82 Å². The summed E-state index contributed by atoms with van der Waals surface area (Å²) in [4.78, 5) is 6.29. The number of aromatic nitrogens is 3. The molecule has 0 bridgehead atoms. The number of furan rings is 1. The first kappa shape index (κ1) is 17.8. The molecule has 0 aliphatic rings. The molecule has 0 unspecified atom stereocenters. The molecule has 0 atom stereocenters. The van der Waals surface area contributed by atoms with Crippen LogP contribution in [0.2, 0.25) is 0 Å². The average Bonchev–Trinajstić information content (AvgIpc) is 3.01. The molecule has 0 fully saturated rings. The number of anilines is 1. The Hall–Kier alpha value is -1.51. The van der Waals surface area contributed by atoms with E-state index >= 15 is 0 Å². The number of thioether (sulfide) groups is 1. The second-order valence-electron chi connectivity index (χ2n) is 5.67. The Morgan fingerprint density at radius 2 is 2.22 bits per heavy atom. The highest BCUT2D eigenvalue weighted by molar-refractivity contribution is 7.98. The van der Waals surface area contributed by atoms with Gasteiger partial charge in [-0.05, 0) is 32.6 Å². The Morgan fingerprint density at radius 3 is 2.87 bits per heavy atom. The molecular formula is C15H25N5O2S. The van der Waals surface area contributed by atoms with Crippen molar-refractivity contribution in [3.05, 3.63) is 29.0 Å². The third kappa shape index (κ3) is 5.26. The van der Waals surface area contributed by atoms with E-state index in [-0.39, 0.29) is 6.61 Å². The van der Waals surface area contributed by atoms with Gasteiger partial charge in [-0.1, -0.05) is 0 Å². The first-order valence-corrected chi connectivity index (χ1v) is 8.70. The summed E-state index contributed by atoms with van der Waals surface area (Å²) in [5.41, 5.74) is 1.21. The molecule has 2 rings (SSSR count). The number of aliphatic hydroxyl groups is 1. The molecule has 23 heavy (non-hydrogen) atoms. The van der Waals surface area contributed by atoms with Gasteiger partial charge in [-0.2, -0.15) is 21.8 Å². The maximum atomic E-state index is 9.01. The second-order valence-corrected chi connectivity index (χ2v) is 6.77. The van der Waals surface area contributed by atoms with Crippen molar-refractivity contribution in [2.75, 3.05) is 31.7 Å². The molecule has 8 heteroatoms. The van der Waals surface area contributed by atoms with E-state index in [1.807, 2.05) is 25.9 Å². The Balaban J connectivity index is 1.72. The van der Waals surface area contributed by atoms with Crippen molar-refractivity contribution >= 4 is 17.7 Å². The van der Waals surface area contributed by atoms with Crippen LogP contribution in [0.4, 0.5) is 5.95 Å². The maximum absolute atomic E-state index is 9.01. The average molecular weight is 339 g/mol. The quantitative estimate of drug-likeness (QED) is 0.672. The number of aliphatic hydroxyl groups excluding tert-OH is 1.